The van der Waals surface area contributed by atoms with Crippen LogP contribution in [0, 0.1) is 0 Å². The van der Waals surface area contributed by atoms with Gasteiger partial charge in [0.05, 0.1) is 27.8 Å². The van der Waals surface area contributed by atoms with Gasteiger partial charge >= 0.3 is 0 Å². The second kappa shape index (κ2) is 9.85. The van der Waals surface area contributed by atoms with Gasteiger partial charge in [-0.3, -0.25) is 4.57 Å². The number of aliphatic imine (C=N–C) groups is 1. The fraction of sp³-hybridized carbons (Fsp3) is 0.0250. The highest BCUT2D eigenvalue weighted by Crippen LogP contribution is 2.42. The van der Waals surface area contributed by atoms with Crippen molar-refractivity contribution in [2.75, 3.05) is 0 Å². The third-order valence-electron chi connectivity index (χ3n) is 8.74. The van der Waals surface area contributed by atoms with E-state index in [1.807, 2.05) is 0 Å². The highest BCUT2D eigenvalue weighted by atomic mass is 15.3. The van der Waals surface area contributed by atoms with Gasteiger partial charge in [0.1, 0.15) is 0 Å². The topological polar surface area (TPSA) is 34.2 Å². The normalized spacial score (nSPS) is 15.0. The van der Waals surface area contributed by atoms with Gasteiger partial charge < -0.3 is 9.88 Å². The average molecular weight is 565 g/mol. The molecule has 1 atom stereocenters. The fourth-order valence-electron chi connectivity index (χ4n) is 6.82. The Morgan fingerprint density at radius 1 is 0.477 bits per heavy atom. The Morgan fingerprint density at radius 2 is 1.02 bits per heavy atom. The van der Waals surface area contributed by atoms with Gasteiger partial charge in [-0.1, -0.05) is 127 Å². The Labute approximate surface area is 254 Å². The van der Waals surface area contributed by atoms with Crippen LogP contribution in [0.3, 0.4) is 0 Å². The van der Waals surface area contributed by atoms with Gasteiger partial charge in [-0.05, 0) is 41.5 Å². The summed E-state index contributed by atoms with van der Waals surface area (Å²) in [5.74, 6) is 0. The van der Waals surface area contributed by atoms with E-state index in [2.05, 4.69) is 172 Å². The molecule has 0 spiro atoms. The first kappa shape index (κ1) is 24.7. The molecule has 0 amide bonds. The smallest absolute Gasteiger partial charge is 0.201 e. The molecule has 0 radical (unpaired) electrons. The monoisotopic (exact) mass is 564 g/mol. The molecule has 0 aliphatic carbocycles. The minimum Gasteiger partial charge on any atom is -0.346 e. The molecule has 3 heterocycles. The summed E-state index contributed by atoms with van der Waals surface area (Å²) in [4.78, 5) is 5.42. The summed E-state index contributed by atoms with van der Waals surface area (Å²) in [6, 6.07) is 53.7. The first-order valence-electron chi connectivity index (χ1n) is 15.0. The number of fused-ring (bicyclic) bond motifs is 7. The number of aromatic nitrogens is 2. The molecule has 0 saturated heterocycles. The summed E-state index contributed by atoms with van der Waals surface area (Å²) in [6.07, 6.45) is 1.80. The molecular weight excluding hydrogens is 536 g/mol. The number of nitrogens with zero attached hydrogens (tertiary/aromatic N) is 3. The summed E-state index contributed by atoms with van der Waals surface area (Å²) in [7, 11) is 0. The number of para-hydroxylation sites is 3. The molecular formula is C40H28N4. The standard InChI is InChI=1S/C40H28N4/c1-4-14-27(15-5-1)34-26-35(28-16-6-2-7-17-28)42-40(41-34)44-37-23-13-11-21-31(37)33-25-24-32-30-20-10-12-22-36(30)43(38(32)39(33)44)29-18-8-3-9-19-29/h1-26,40-41H. The van der Waals surface area contributed by atoms with Crippen LogP contribution >= 0.6 is 0 Å². The zero-order chi connectivity index (χ0) is 29.0. The third-order valence-corrected chi connectivity index (χ3v) is 8.74. The van der Waals surface area contributed by atoms with Crippen LogP contribution in [0.1, 0.15) is 17.4 Å². The number of benzene rings is 6. The summed E-state index contributed by atoms with van der Waals surface area (Å²) in [6.45, 7) is 0. The summed E-state index contributed by atoms with van der Waals surface area (Å²) >= 11 is 0. The molecule has 4 nitrogen and oxygen atoms in total. The first-order chi connectivity index (χ1) is 21.8. The largest absolute Gasteiger partial charge is 0.346 e. The summed E-state index contributed by atoms with van der Waals surface area (Å²) in [5, 5.41) is 8.72. The lowest BCUT2D eigenvalue weighted by Crippen LogP contribution is -2.29. The van der Waals surface area contributed by atoms with Crippen LogP contribution in [0.4, 0.5) is 0 Å². The zero-order valence-electron chi connectivity index (χ0n) is 23.9. The molecule has 44 heavy (non-hydrogen) atoms. The van der Waals surface area contributed by atoms with Crippen molar-refractivity contribution in [2.24, 2.45) is 4.99 Å². The lowest BCUT2D eigenvalue weighted by molar-refractivity contribution is 0.509. The zero-order valence-corrected chi connectivity index (χ0v) is 23.9. The first-order valence-corrected chi connectivity index (χ1v) is 15.0. The molecule has 4 heteroatoms. The van der Waals surface area contributed by atoms with Gasteiger partial charge in [0.25, 0.3) is 0 Å². The SMILES string of the molecule is C1=C(c2ccccc2)NC(n2c3ccccc3c3ccc4c5ccccc5n(-c5ccccc5)c4c32)N=C1c1ccccc1. The van der Waals surface area contributed by atoms with Gasteiger partial charge in [-0.25, -0.2) is 4.99 Å². The quantitative estimate of drug-likeness (QED) is 0.227. The van der Waals surface area contributed by atoms with Crippen molar-refractivity contribution >= 4 is 55.0 Å². The molecule has 208 valence electrons. The molecule has 6 aromatic carbocycles. The molecule has 0 bridgehead atoms. The fourth-order valence-corrected chi connectivity index (χ4v) is 6.82. The minimum absolute atomic E-state index is 0.374. The van der Waals surface area contributed by atoms with Crippen LogP contribution in [0.15, 0.2) is 163 Å². The van der Waals surface area contributed by atoms with E-state index in [0.29, 0.717) is 0 Å². The molecule has 9 rings (SSSR count). The Hall–Kier alpha value is -5.87. The van der Waals surface area contributed by atoms with Crippen LogP contribution in [0.5, 0.6) is 0 Å². The molecule has 1 unspecified atom stereocenters. The van der Waals surface area contributed by atoms with Gasteiger partial charge in [0.15, 0.2) is 0 Å². The maximum absolute atomic E-state index is 5.42. The van der Waals surface area contributed by atoms with E-state index in [4.69, 9.17) is 4.99 Å². The second-order valence-electron chi connectivity index (χ2n) is 11.3. The van der Waals surface area contributed by atoms with Crippen molar-refractivity contribution in [3.05, 3.63) is 169 Å². The molecule has 0 saturated carbocycles. The van der Waals surface area contributed by atoms with Gasteiger partial charge in [-0.15, -0.1) is 0 Å². The van der Waals surface area contributed by atoms with Crippen LogP contribution in [0.25, 0.3) is 55.0 Å². The van der Waals surface area contributed by atoms with Crippen molar-refractivity contribution in [1.82, 2.24) is 14.5 Å². The van der Waals surface area contributed by atoms with Crippen molar-refractivity contribution in [3.63, 3.8) is 0 Å². The van der Waals surface area contributed by atoms with Crippen molar-refractivity contribution in [2.45, 2.75) is 6.29 Å². The van der Waals surface area contributed by atoms with Crippen LogP contribution in [-0.2, 0) is 0 Å². The number of hydrogen-bond acceptors (Lipinski definition) is 2. The van der Waals surface area contributed by atoms with Crippen LogP contribution in [0.2, 0.25) is 0 Å². The molecule has 1 aliphatic heterocycles. The maximum atomic E-state index is 5.42. The number of allylic oxidation sites excluding steroid dienone is 1. The lowest BCUT2D eigenvalue weighted by Gasteiger charge is -2.27. The van der Waals surface area contributed by atoms with E-state index >= 15 is 0 Å². The number of nitrogens with one attached hydrogen (secondary N) is 1. The highest BCUT2D eigenvalue weighted by Gasteiger charge is 2.26. The number of hydrogen-bond donors (Lipinski definition) is 1. The predicted molar refractivity (Wildman–Crippen MR) is 183 cm³/mol. The second-order valence-corrected chi connectivity index (χ2v) is 11.3. The Morgan fingerprint density at radius 3 is 1.73 bits per heavy atom. The molecule has 1 N–H and O–H groups in total. The van der Waals surface area contributed by atoms with Crippen molar-refractivity contribution in [3.8, 4) is 5.69 Å². The number of rotatable bonds is 4. The average Bonchev–Trinajstić information content (AvgIpc) is 3.62. The van der Waals surface area contributed by atoms with E-state index in [9.17, 15) is 0 Å². The Kier molecular flexibility index (Phi) is 5.53. The van der Waals surface area contributed by atoms with E-state index in [0.717, 1.165) is 39.3 Å². The van der Waals surface area contributed by atoms with E-state index in [-0.39, 0.29) is 6.29 Å². The van der Waals surface area contributed by atoms with Gasteiger partial charge in [-0.2, -0.15) is 0 Å². The maximum Gasteiger partial charge on any atom is 0.201 e. The van der Waals surface area contributed by atoms with Crippen molar-refractivity contribution in [1.29, 1.82) is 0 Å². The molecule has 0 fully saturated rings. The van der Waals surface area contributed by atoms with E-state index < -0.39 is 0 Å². The molecule has 8 aromatic rings. The van der Waals surface area contributed by atoms with E-state index in [1.54, 1.807) is 0 Å². The molecule has 2 aromatic heterocycles. The van der Waals surface area contributed by atoms with Crippen LogP contribution in [-0.4, -0.2) is 14.8 Å². The van der Waals surface area contributed by atoms with Crippen molar-refractivity contribution < 1.29 is 0 Å². The third kappa shape index (κ3) is 3.74. The minimum atomic E-state index is -0.374. The lowest BCUT2D eigenvalue weighted by atomic mass is 10.0. The van der Waals surface area contributed by atoms with Gasteiger partial charge in [0, 0.05) is 32.9 Å². The molecule has 1 aliphatic rings. The Bertz CT molecular complexity index is 2400. The summed E-state index contributed by atoms with van der Waals surface area (Å²) in [5.41, 5.74) is 10.0. The predicted octanol–water partition coefficient (Wildman–Crippen LogP) is 9.48. The van der Waals surface area contributed by atoms with Crippen LogP contribution < -0.4 is 5.32 Å². The van der Waals surface area contributed by atoms with E-state index in [1.165, 1.54) is 32.6 Å². The Balaban J connectivity index is 1.41. The van der Waals surface area contributed by atoms with Gasteiger partial charge in [0.2, 0.25) is 6.29 Å². The summed E-state index contributed by atoms with van der Waals surface area (Å²) < 4.78 is 4.82. The highest BCUT2D eigenvalue weighted by molar-refractivity contribution is 6.23.